The molecule has 0 bridgehead atoms. The summed E-state index contributed by atoms with van der Waals surface area (Å²) in [6, 6.07) is 7.78. The van der Waals surface area contributed by atoms with Gasteiger partial charge in [-0.25, -0.2) is 4.79 Å². The first-order valence-corrected chi connectivity index (χ1v) is 6.85. The number of rotatable bonds is 6. The first-order chi connectivity index (χ1) is 9.06. The molecule has 0 saturated heterocycles. The van der Waals surface area contributed by atoms with E-state index in [-0.39, 0.29) is 12.1 Å². The number of hydrogen-bond acceptors (Lipinski definition) is 2. The number of carbonyl (C=O) groups excluding carboxylic acids is 1. The van der Waals surface area contributed by atoms with Gasteiger partial charge in [-0.05, 0) is 45.4 Å². The van der Waals surface area contributed by atoms with Crippen LogP contribution in [0, 0.1) is 0 Å². The summed E-state index contributed by atoms with van der Waals surface area (Å²) in [5.41, 5.74) is 1.07. The van der Waals surface area contributed by atoms with Crippen molar-refractivity contribution in [3.05, 3.63) is 29.8 Å². The van der Waals surface area contributed by atoms with Crippen molar-refractivity contribution in [1.29, 1.82) is 0 Å². The Hall–Kier alpha value is -1.71. The molecule has 0 aromatic heterocycles. The first kappa shape index (κ1) is 15.3. The van der Waals surface area contributed by atoms with E-state index in [9.17, 15) is 4.79 Å². The van der Waals surface area contributed by atoms with Crippen LogP contribution in [0.4, 0.5) is 4.79 Å². The highest BCUT2D eigenvalue weighted by Gasteiger charge is 2.08. The topological polar surface area (TPSA) is 41.6 Å². The van der Waals surface area contributed by atoms with Crippen molar-refractivity contribution in [2.75, 3.05) is 13.1 Å². The molecule has 0 atom stereocenters. The van der Waals surface area contributed by atoms with Gasteiger partial charge in [0.05, 0.1) is 6.10 Å². The molecule has 4 nitrogen and oxygen atoms in total. The second kappa shape index (κ2) is 7.67. The molecule has 106 valence electrons. The summed E-state index contributed by atoms with van der Waals surface area (Å²) in [5, 5.41) is 2.91. The third kappa shape index (κ3) is 5.20. The Morgan fingerprint density at radius 2 is 1.79 bits per heavy atom. The molecule has 2 amide bonds. The van der Waals surface area contributed by atoms with Crippen LogP contribution in [0.5, 0.6) is 5.75 Å². The molecule has 0 aliphatic rings. The molecule has 0 heterocycles. The lowest BCUT2D eigenvalue weighted by Gasteiger charge is -2.19. The monoisotopic (exact) mass is 264 g/mol. The normalized spacial score (nSPS) is 10.4. The Balaban J connectivity index is 2.47. The van der Waals surface area contributed by atoms with Gasteiger partial charge in [-0.1, -0.05) is 12.1 Å². The Morgan fingerprint density at radius 3 is 2.26 bits per heavy atom. The number of amides is 2. The maximum atomic E-state index is 11.8. The van der Waals surface area contributed by atoms with Crippen molar-refractivity contribution in [2.45, 2.75) is 40.3 Å². The van der Waals surface area contributed by atoms with Crippen LogP contribution in [-0.2, 0) is 6.54 Å². The highest BCUT2D eigenvalue weighted by molar-refractivity contribution is 5.74. The van der Waals surface area contributed by atoms with Gasteiger partial charge in [0.1, 0.15) is 5.75 Å². The molecular formula is C15H24N2O2. The zero-order valence-corrected chi connectivity index (χ0v) is 12.3. The van der Waals surface area contributed by atoms with Crippen molar-refractivity contribution in [3.8, 4) is 5.75 Å². The fraction of sp³-hybridized carbons (Fsp3) is 0.533. The van der Waals surface area contributed by atoms with E-state index in [1.807, 2.05) is 52.0 Å². The molecule has 0 fully saturated rings. The maximum Gasteiger partial charge on any atom is 0.317 e. The van der Waals surface area contributed by atoms with Crippen LogP contribution in [0.2, 0.25) is 0 Å². The molecule has 0 saturated carbocycles. The zero-order valence-electron chi connectivity index (χ0n) is 12.3. The van der Waals surface area contributed by atoms with Gasteiger partial charge in [0.2, 0.25) is 0 Å². The van der Waals surface area contributed by atoms with Crippen molar-refractivity contribution < 1.29 is 9.53 Å². The summed E-state index contributed by atoms with van der Waals surface area (Å²) in [5.74, 6) is 0.855. The third-order valence-corrected chi connectivity index (χ3v) is 2.79. The fourth-order valence-electron chi connectivity index (χ4n) is 1.76. The van der Waals surface area contributed by atoms with Crippen molar-refractivity contribution in [2.24, 2.45) is 0 Å². The van der Waals surface area contributed by atoms with E-state index in [0.717, 1.165) is 24.4 Å². The standard InChI is InChI=1S/C15H24N2O2/c1-5-17(6-2)15(18)16-11-13-7-9-14(10-8-13)19-12(3)4/h7-10,12H,5-6,11H2,1-4H3,(H,16,18). The minimum Gasteiger partial charge on any atom is -0.491 e. The molecule has 1 rings (SSSR count). The molecule has 0 aliphatic carbocycles. The number of benzene rings is 1. The van der Waals surface area contributed by atoms with E-state index in [1.165, 1.54) is 0 Å². The van der Waals surface area contributed by atoms with Gasteiger partial charge in [-0.2, -0.15) is 0 Å². The molecule has 0 radical (unpaired) electrons. The summed E-state index contributed by atoms with van der Waals surface area (Å²) >= 11 is 0. The van der Waals surface area contributed by atoms with Gasteiger partial charge in [0.25, 0.3) is 0 Å². The van der Waals surface area contributed by atoms with Crippen molar-refractivity contribution >= 4 is 6.03 Å². The summed E-state index contributed by atoms with van der Waals surface area (Å²) < 4.78 is 5.57. The number of carbonyl (C=O) groups is 1. The molecule has 0 unspecified atom stereocenters. The van der Waals surface area contributed by atoms with Gasteiger partial charge in [0.15, 0.2) is 0 Å². The zero-order chi connectivity index (χ0) is 14.3. The quantitative estimate of drug-likeness (QED) is 0.858. The van der Waals surface area contributed by atoms with Gasteiger partial charge in [0, 0.05) is 19.6 Å². The van der Waals surface area contributed by atoms with E-state index >= 15 is 0 Å². The van der Waals surface area contributed by atoms with Crippen LogP contribution in [0.25, 0.3) is 0 Å². The van der Waals surface area contributed by atoms with E-state index in [0.29, 0.717) is 6.54 Å². The van der Waals surface area contributed by atoms with E-state index in [1.54, 1.807) is 4.90 Å². The van der Waals surface area contributed by atoms with Crippen LogP contribution in [0.1, 0.15) is 33.3 Å². The highest BCUT2D eigenvalue weighted by Crippen LogP contribution is 2.13. The molecule has 1 N–H and O–H groups in total. The Bertz CT molecular complexity index is 384. The fourth-order valence-corrected chi connectivity index (χ4v) is 1.76. The number of ether oxygens (including phenoxy) is 1. The molecule has 4 heteroatoms. The average molecular weight is 264 g/mol. The van der Waals surface area contributed by atoms with Gasteiger partial charge in [-0.15, -0.1) is 0 Å². The Morgan fingerprint density at radius 1 is 1.21 bits per heavy atom. The lowest BCUT2D eigenvalue weighted by Crippen LogP contribution is -2.39. The number of nitrogens with one attached hydrogen (secondary N) is 1. The van der Waals surface area contributed by atoms with E-state index < -0.39 is 0 Å². The van der Waals surface area contributed by atoms with Gasteiger partial charge < -0.3 is 15.0 Å². The third-order valence-electron chi connectivity index (χ3n) is 2.79. The second-order valence-electron chi connectivity index (χ2n) is 4.64. The SMILES string of the molecule is CCN(CC)C(=O)NCc1ccc(OC(C)C)cc1. The Kier molecular flexibility index (Phi) is 6.19. The first-order valence-electron chi connectivity index (χ1n) is 6.85. The number of hydrogen-bond donors (Lipinski definition) is 1. The summed E-state index contributed by atoms with van der Waals surface area (Å²) in [6.45, 7) is 9.93. The van der Waals surface area contributed by atoms with Crippen LogP contribution in [0.3, 0.4) is 0 Å². The maximum absolute atomic E-state index is 11.8. The second-order valence-corrected chi connectivity index (χ2v) is 4.64. The molecule has 1 aromatic carbocycles. The Labute approximate surface area is 115 Å². The largest absolute Gasteiger partial charge is 0.491 e. The minimum absolute atomic E-state index is 0.0208. The van der Waals surface area contributed by atoms with E-state index in [2.05, 4.69) is 5.32 Å². The number of urea groups is 1. The summed E-state index contributed by atoms with van der Waals surface area (Å²) in [7, 11) is 0. The van der Waals surface area contributed by atoms with Crippen molar-refractivity contribution in [3.63, 3.8) is 0 Å². The highest BCUT2D eigenvalue weighted by atomic mass is 16.5. The summed E-state index contributed by atoms with van der Waals surface area (Å²) in [6.07, 6.45) is 0.174. The molecule has 1 aromatic rings. The minimum atomic E-state index is -0.0208. The molecule has 19 heavy (non-hydrogen) atoms. The van der Waals surface area contributed by atoms with Gasteiger partial charge >= 0.3 is 6.03 Å². The van der Waals surface area contributed by atoms with Crippen LogP contribution < -0.4 is 10.1 Å². The molecule has 0 spiro atoms. The predicted molar refractivity (Wildman–Crippen MR) is 77.4 cm³/mol. The molecule has 0 aliphatic heterocycles. The smallest absolute Gasteiger partial charge is 0.317 e. The lowest BCUT2D eigenvalue weighted by molar-refractivity contribution is 0.203. The average Bonchev–Trinajstić information content (AvgIpc) is 2.38. The van der Waals surface area contributed by atoms with Crippen molar-refractivity contribution in [1.82, 2.24) is 10.2 Å². The van der Waals surface area contributed by atoms with Gasteiger partial charge in [-0.3, -0.25) is 0 Å². The van der Waals surface area contributed by atoms with Crippen LogP contribution >= 0.6 is 0 Å². The number of nitrogens with zero attached hydrogens (tertiary/aromatic N) is 1. The van der Waals surface area contributed by atoms with Crippen LogP contribution in [-0.4, -0.2) is 30.1 Å². The van der Waals surface area contributed by atoms with Crippen LogP contribution in [0.15, 0.2) is 24.3 Å². The molecular weight excluding hydrogens is 240 g/mol. The summed E-state index contributed by atoms with van der Waals surface area (Å²) in [4.78, 5) is 13.5. The lowest BCUT2D eigenvalue weighted by atomic mass is 10.2. The predicted octanol–water partition coefficient (Wildman–Crippen LogP) is 3.03. The van der Waals surface area contributed by atoms with E-state index in [4.69, 9.17) is 4.74 Å².